The molecule has 2 aromatic rings. The first-order valence-corrected chi connectivity index (χ1v) is 11.8. The number of nitrogens with zero attached hydrogens (tertiary/aromatic N) is 1. The summed E-state index contributed by atoms with van der Waals surface area (Å²) in [6, 6.07) is 16.4. The SMILES string of the molecule is O=C(O)CC12CCC(CC1)N2C(=O)/C=C/CNC(=O)OCC1c2ccccc2-c2ccccc21. The maximum absolute atomic E-state index is 12.8. The van der Waals surface area contributed by atoms with Crippen molar-refractivity contribution in [1.82, 2.24) is 10.2 Å². The highest BCUT2D eigenvalue weighted by Crippen LogP contribution is 2.48. The van der Waals surface area contributed by atoms with E-state index in [1.807, 2.05) is 24.3 Å². The number of carboxylic acid groups (broad SMARTS) is 1. The number of carbonyl (C=O) groups is 3. The van der Waals surface area contributed by atoms with Crippen LogP contribution in [0.4, 0.5) is 4.79 Å². The molecule has 2 aromatic carbocycles. The fourth-order valence-electron chi connectivity index (χ4n) is 6.02. The van der Waals surface area contributed by atoms with Gasteiger partial charge in [0.15, 0.2) is 0 Å². The Hall–Kier alpha value is -3.61. The predicted octanol–water partition coefficient (Wildman–Crippen LogP) is 4.08. The minimum atomic E-state index is -0.874. The van der Waals surface area contributed by atoms with Crippen molar-refractivity contribution in [3.8, 4) is 11.1 Å². The van der Waals surface area contributed by atoms with E-state index in [9.17, 15) is 19.5 Å². The Morgan fingerprint density at radius 1 is 1.03 bits per heavy atom. The highest BCUT2D eigenvalue weighted by Gasteiger charge is 2.54. The molecule has 5 rings (SSSR count). The molecule has 0 unspecified atom stereocenters. The topological polar surface area (TPSA) is 95.9 Å². The summed E-state index contributed by atoms with van der Waals surface area (Å²) in [7, 11) is 0. The van der Waals surface area contributed by atoms with Gasteiger partial charge >= 0.3 is 12.1 Å². The zero-order valence-electron chi connectivity index (χ0n) is 18.9. The first-order valence-electron chi connectivity index (χ1n) is 11.8. The van der Waals surface area contributed by atoms with Crippen molar-refractivity contribution < 1.29 is 24.2 Å². The van der Waals surface area contributed by atoms with Crippen LogP contribution in [0.2, 0.25) is 0 Å². The van der Waals surface area contributed by atoms with Crippen LogP contribution in [0.15, 0.2) is 60.7 Å². The Labute approximate surface area is 198 Å². The van der Waals surface area contributed by atoms with Crippen LogP contribution in [-0.4, -0.2) is 52.7 Å². The summed E-state index contributed by atoms with van der Waals surface area (Å²) in [6.45, 7) is 0.391. The van der Waals surface area contributed by atoms with Gasteiger partial charge in [-0.15, -0.1) is 0 Å². The molecule has 0 aromatic heterocycles. The number of carboxylic acids is 1. The Bertz CT molecular complexity index is 1100. The monoisotopic (exact) mass is 460 g/mol. The Kier molecular flexibility index (Phi) is 5.86. The number of rotatable bonds is 7. The summed E-state index contributed by atoms with van der Waals surface area (Å²) in [5.74, 6) is -1.07. The van der Waals surface area contributed by atoms with E-state index < -0.39 is 17.6 Å². The van der Waals surface area contributed by atoms with E-state index in [0.717, 1.165) is 36.8 Å². The van der Waals surface area contributed by atoms with E-state index in [0.29, 0.717) is 0 Å². The lowest BCUT2D eigenvalue weighted by Crippen LogP contribution is -2.45. The lowest BCUT2D eigenvalue weighted by molar-refractivity contribution is -0.141. The fourth-order valence-corrected chi connectivity index (χ4v) is 6.02. The van der Waals surface area contributed by atoms with Crippen molar-refractivity contribution in [2.24, 2.45) is 0 Å². The van der Waals surface area contributed by atoms with E-state index >= 15 is 0 Å². The lowest BCUT2D eigenvalue weighted by Gasteiger charge is -2.33. The van der Waals surface area contributed by atoms with Crippen LogP contribution in [0.3, 0.4) is 0 Å². The van der Waals surface area contributed by atoms with Crippen molar-refractivity contribution >= 4 is 18.0 Å². The number of nitrogens with one attached hydrogen (secondary N) is 1. The molecule has 1 aliphatic carbocycles. The Balaban J connectivity index is 1.14. The van der Waals surface area contributed by atoms with Gasteiger partial charge in [0.25, 0.3) is 0 Å². The number of amides is 2. The maximum atomic E-state index is 12.8. The molecule has 2 N–H and O–H groups in total. The zero-order chi connectivity index (χ0) is 23.7. The van der Waals surface area contributed by atoms with E-state index in [-0.39, 0.29) is 37.4 Å². The van der Waals surface area contributed by atoms with Crippen LogP contribution in [-0.2, 0) is 14.3 Å². The number of alkyl carbamates (subject to hydrolysis) is 1. The molecular formula is C27H28N2O5. The summed E-state index contributed by atoms with van der Waals surface area (Å²) in [5.41, 5.74) is 4.09. The van der Waals surface area contributed by atoms with Gasteiger partial charge in [0.1, 0.15) is 6.61 Å². The van der Waals surface area contributed by atoms with Crippen LogP contribution in [0.1, 0.15) is 49.1 Å². The van der Waals surface area contributed by atoms with E-state index in [4.69, 9.17) is 4.74 Å². The van der Waals surface area contributed by atoms with Gasteiger partial charge in [-0.3, -0.25) is 9.59 Å². The summed E-state index contributed by atoms with van der Waals surface area (Å²) >= 11 is 0. The standard InChI is InChI=1S/C27H28N2O5/c30-24(29-18-11-13-27(29,14-12-18)16-25(31)32)10-5-15-28-26(33)34-17-23-21-8-3-1-6-19(21)20-7-2-4-9-22(20)23/h1-10,18,23H,11-17H2,(H,28,33)(H,31,32)/b10-5+. The number of fused-ring (bicyclic) bond motifs is 5. The predicted molar refractivity (Wildman–Crippen MR) is 126 cm³/mol. The molecule has 3 aliphatic rings. The molecule has 7 heteroatoms. The van der Waals surface area contributed by atoms with Gasteiger partial charge in [-0.2, -0.15) is 0 Å². The number of carbonyl (C=O) groups excluding carboxylic acids is 2. The third-order valence-corrected chi connectivity index (χ3v) is 7.45. The molecule has 2 saturated heterocycles. The average molecular weight is 461 g/mol. The first kappa shape index (κ1) is 22.2. The van der Waals surface area contributed by atoms with E-state index in [1.54, 1.807) is 11.0 Å². The smallest absolute Gasteiger partial charge is 0.407 e. The van der Waals surface area contributed by atoms with Crippen LogP contribution < -0.4 is 5.32 Å². The third kappa shape index (κ3) is 3.95. The summed E-state index contributed by atoms with van der Waals surface area (Å²) in [6.07, 6.45) is 5.66. The second-order valence-electron chi connectivity index (χ2n) is 9.34. The molecule has 176 valence electrons. The second-order valence-corrected chi connectivity index (χ2v) is 9.34. The van der Waals surface area contributed by atoms with Gasteiger partial charge in [-0.1, -0.05) is 54.6 Å². The number of hydrogen-bond acceptors (Lipinski definition) is 4. The molecule has 2 bridgehead atoms. The molecule has 2 aliphatic heterocycles. The number of aliphatic carboxylic acids is 1. The molecule has 2 heterocycles. The molecule has 0 spiro atoms. The van der Waals surface area contributed by atoms with Gasteiger partial charge in [-0.25, -0.2) is 4.79 Å². The van der Waals surface area contributed by atoms with Crippen molar-refractivity contribution in [3.05, 3.63) is 71.8 Å². The van der Waals surface area contributed by atoms with Gasteiger partial charge < -0.3 is 20.1 Å². The van der Waals surface area contributed by atoms with Crippen molar-refractivity contribution in [3.63, 3.8) is 0 Å². The molecule has 2 amide bonds. The zero-order valence-corrected chi connectivity index (χ0v) is 18.9. The van der Waals surface area contributed by atoms with Crippen LogP contribution in [0, 0.1) is 0 Å². The van der Waals surface area contributed by atoms with E-state index in [2.05, 4.69) is 29.6 Å². The van der Waals surface area contributed by atoms with Crippen LogP contribution in [0.25, 0.3) is 11.1 Å². The van der Waals surface area contributed by atoms with Crippen molar-refractivity contribution in [2.45, 2.75) is 49.6 Å². The number of benzene rings is 2. The van der Waals surface area contributed by atoms with Crippen LogP contribution >= 0.6 is 0 Å². The minimum absolute atomic E-state index is 0.00802. The van der Waals surface area contributed by atoms with Gasteiger partial charge in [0.05, 0.1) is 12.0 Å². The van der Waals surface area contributed by atoms with Crippen molar-refractivity contribution in [1.29, 1.82) is 0 Å². The molecule has 0 saturated carbocycles. The minimum Gasteiger partial charge on any atom is -0.481 e. The molecule has 0 atom stereocenters. The summed E-state index contributed by atoms with van der Waals surface area (Å²) in [4.78, 5) is 38.1. The fraction of sp³-hybridized carbons (Fsp3) is 0.370. The molecule has 2 fully saturated rings. The third-order valence-electron chi connectivity index (χ3n) is 7.45. The van der Waals surface area contributed by atoms with Gasteiger partial charge in [0, 0.05) is 24.6 Å². The molecular weight excluding hydrogens is 432 g/mol. The lowest BCUT2D eigenvalue weighted by atomic mass is 9.85. The van der Waals surface area contributed by atoms with Crippen LogP contribution in [0.5, 0.6) is 0 Å². The second kappa shape index (κ2) is 8.97. The molecule has 0 radical (unpaired) electrons. The molecule has 7 nitrogen and oxygen atoms in total. The highest BCUT2D eigenvalue weighted by atomic mass is 16.5. The summed E-state index contributed by atoms with van der Waals surface area (Å²) in [5, 5.41) is 12.0. The van der Waals surface area contributed by atoms with E-state index in [1.165, 1.54) is 17.2 Å². The average Bonchev–Trinajstić information content (AvgIpc) is 3.47. The first-order chi connectivity index (χ1) is 16.5. The number of ether oxygens (including phenoxy) is 1. The highest BCUT2D eigenvalue weighted by molar-refractivity contribution is 5.90. The molecule has 34 heavy (non-hydrogen) atoms. The Morgan fingerprint density at radius 2 is 1.65 bits per heavy atom. The largest absolute Gasteiger partial charge is 0.481 e. The maximum Gasteiger partial charge on any atom is 0.407 e. The normalized spacial score (nSPS) is 22.6. The Morgan fingerprint density at radius 3 is 2.26 bits per heavy atom. The van der Waals surface area contributed by atoms with Crippen molar-refractivity contribution in [2.75, 3.05) is 13.2 Å². The van der Waals surface area contributed by atoms with Gasteiger partial charge in [-0.05, 0) is 47.9 Å². The quantitative estimate of drug-likeness (QED) is 0.607. The number of hydrogen-bond donors (Lipinski definition) is 2. The van der Waals surface area contributed by atoms with Gasteiger partial charge in [0.2, 0.25) is 5.91 Å². The summed E-state index contributed by atoms with van der Waals surface area (Å²) < 4.78 is 5.51.